The van der Waals surface area contributed by atoms with Crippen molar-refractivity contribution in [1.29, 1.82) is 5.26 Å². The summed E-state index contributed by atoms with van der Waals surface area (Å²) < 4.78 is 9.92. The molecule has 1 aromatic rings. The smallest absolute Gasteiger partial charge is 0.330 e. The van der Waals surface area contributed by atoms with Gasteiger partial charge in [-0.05, 0) is 36.6 Å². The van der Waals surface area contributed by atoms with Crippen LogP contribution >= 0.6 is 0 Å². The van der Waals surface area contributed by atoms with E-state index < -0.39 is 0 Å². The highest BCUT2D eigenvalue weighted by Crippen LogP contribution is 2.06. The van der Waals surface area contributed by atoms with Crippen LogP contribution in [0.3, 0.4) is 0 Å². The molecular weight excluding hydrogens is 242 g/mol. The van der Waals surface area contributed by atoms with Gasteiger partial charge in [-0.15, -0.1) is 0 Å². The normalized spacial score (nSPS) is 10.3. The van der Waals surface area contributed by atoms with Crippen molar-refractivity contribution >= 4 is 12.0 Å². The molecule has 1 rings (SSSR count). The number of carbonyl (C=O) groups excluding carboxylic acids is 1. The van der Waals surface area contributed by atoms with Gasteiger partial charge in [-0.1, -0.05) is 12.1 Å². The van der Waals surface area contributed by atoms with E-state index in [1.165, 1.54) is 6.08 Å². The summed E-state index contributed by atoms with van der Waals surface area (Å²) in [6.07, 6.45) is 4.67. The molecule has 0 aliphatic heterocycles. The van der Waals surface area contributed by atoms with Gasteiger partial charge in [0.15, 0.2) is 0 Å². The molecule has 100 valence electrons. The van der Waals surface area contributed by atoms with Crippen LogP contribution in [0.25, 0.3) is 6.08 Å². The molecule has 0 N–H and O–H groups in total. The quantitative estimate of drug-likeness (QED) is 0.429. The maximum Gasteiger partial charge on any atom is 0.330 e. The van der Waals surface area contributed by atoms with E-state index in [1.807, 2.05) is 12.1 Å². The lowest BCUT2D eigenvalue weighted by Gasteiger charge is -2.01. The van der Waals surface area contributed by atoms with Gasteiger partial charge in [0.25, 0.3) is 0 Å². The number of unbranched alkanes of at least 4 members (excludes halogenated alkanes) is 1. The van der Waals surface area contributed by atoms with Crippen LogP contribution in [-0.4, -0.2) is 26.3 Å². The summed E-state index contributed by atoms with van der Waals surface area (Å²) in [5, 5.41) is 8.75. The minimum Gasteiger partial charge on any atom is -0.463 e. The molecule has 19 heavy (non-hydrogen) atoms. The number of benzene rings is 1. The van der Waals surface area contributed by atoms with E-state index in [1.54, 1.807) is 31.4 Å². The number of carbonyl (C=O) groups is 1. The summed E-state index contributed by atoms with van der Waals surface area (Å²) in [7, 11) is 1.64. The largest absolute Gasteiger partial charge is 0.463 e. The second-order valence-electron chi connectivity index (χ2n) is 3.94. The Labute approximate surface area is 113 Å². The average Bonchev–Trinajstić information content (AvgIpc) is 2.45. The molecule has 0 aliphatic carbocycles. The summed E-state index contributed by atoms with van der Waals surface area (Å²) in [4.78, 5) is 11.4. The predicted octanol–water partition coefficient (Wildman–Crippen LogP) is 2.54. The summed E-state index contributed by atoms with van der Waals surface area (Å²) in [5.74, 6) is -0.375. The lowest BCUT2D eigenvalue weighted by molar-refractivity contribution is -0.137. The molecule has 0 unspecified atom stereocenters. The van der Waals surface area contributed by atoms with Crippen LogP contribution < -0.4 is 0 Å². The zero-order valence-corrected chi connectivity index (χ0v) is 11.0. The van der Waals surface area contributed by atoms with Crippen molar-refractivity contribution < 1.29 is 14.3 Å². The van der Waals surface area contributed by atoms with Gasteiger partial charge in [0.2, 0.25) is 0 Å². The van der Waals surface area contributed by atoms with E-state index in [2.05, 4.69) is 0 Å². The minimum absolute atomic E-state index is 0.375. The molecule has 1 aromatic carbocycles. The number of rotatable bonds is 7. The Balaban J connectivity index is 2.35. The second-order valence-corrected chi connectivity index (χ2v) is 3.94. The second kappa shape index (κ2) is 8.90. The van der Waals surface area contributed by atoms with Gasteiger partial charge in [-0.25, -0.2) is 4.79 Å². The maximum absolute atomic E-state index is 11.4. The summed E-state index contributed by atoms with van der Waals surface area (Å²) in [6.45, 7) is 1.07. The first kappa shape index (κ1) is 14.9. The van der Waals surface area contributed by atoms with Crippen molar-refractivity contribution in [1.82, 2.24) is 0 Å². The topological polar surface area (TPSA) is 59.3 Å². The first-order chi connectivity index (χ1) is 9.26. The molecule has 4 heteroatoms. The molecule has 0 aliphatic rings. The highest BCUT2D eigenvalue weighted by Gasteiger charge is 1.97. The molecule has 0 aromatic heterocycles. The van der Waals surface area contributed by atoms with Gasteiger partial charge in [0.05, 0.1) is 18.2 Å². The first-order valence-corrected chi connectivity index (χ1v) is 6.10. The number of ether oxygens (including phenoxy) is 2. The molecule has 0 amide bonds. The molecular formula is C15H17NO3. The lowest BCUT2D eigenvalue weighted by Crippen LogP contribution is -2.03. The lowest BCUT2D eigenvalue weighted by atomic mass is 10.1. The van der Waals surface area contributed by atoms with Gasteiger partial charge in [-0.3, -0.25) is 0 Å². The van der Waals surface area contributed by atoms with Gasteiger partial charge in [-0.2, -0.15) is 5.26 Å². The monoisotopic (exact) mass is 259 g/mol. The Hall–Kier alpha value is -2.12. The van der Waals surface area contributed by atoms with E-state index in [4.69, 9.17) is 14.7 Å². The molecule has 0 heterocycles. The van der Waals surface area contributed by atoms with E-state index in [9.17, 15) is 4.79 Å². The zero-order valence-electron chi connectivity index (χ0n) is 11.0. The summed E-state index contributed by atoms with van der Waals surface area (Å²) in [6, 6.07) is 9.07. The van der Waals surface area contributed by atoms with Crippen LogP contribution in [0.1, 0.15) is 24.0 Å². The van der Waals surface area contributed by atoms with Crippen molar-refractivity contribution in [3.8, 4) is 6.07 Å². The third-order valence-corrected chi connectivity index (χ3v) is 2.41. The number of esters is 1. The summed E-state index contributed by atoms with van der Waals surface area (Å²) in [5.41, 5.74) is 1.37. The van der Waals surface area contributed by atoms with E-state index in [0.717, 1.165) is 18.4 Å². The van der Waals surface area contributed by atoms with Crippen LogP contribution in [0, 0.1) is 11.3 Å². The third kappa shape index (κ3) is 6.39. The molecule has 0 atom stereocenters. The Kier molecular flexibility index (Phi) is 7.00. The Morgan fingerprint density at radius 3 is 2.89 bits per heavy atom. The molecule has 0 radical (unpaired) electrons. The van der Waals surface area contributed by atoms with Gasteiger partial charge >= 0.3 is 5.97 Å². The number of hydrogen-bond donors (Lipinski definition) is 0. The Morgan fingerprint density at radius 1 is 1.37 bits per heavy atom. The number of nitrogens with zero attached hydrogens (tertiary/aromatic N) is 1. The fraction of sp³-hybridized carbons (Fsp3) is 0.333. The van der Waals surface area contributed by atoms with Crippen LogP contribution in [0.5, 0.6) is 0 Å². The number of hydrogen-bond acceptors (Lipinski definition) is 4. The van der Waals surface area contributed by atoms with E-state index in [-0.39, 0.29) is 5.97 Å². The molecule has 0 fully saturated rings. The van der Waals surface area contributed by atoms with Crippen molar-refractivity contribution in [2.24, 2.45) is 0 Å². The Bertz CT molecular complexity index is 475. The molecule has 0 bridgehead atoms. The number of methoxy groups -OCH3 is 1. The summed E-state index contributed by atoms with van der Waals surface area (Å²) >= 11 is 0. The fourth-order valence-electron chi connectivity index (χ4n) is 1.45. The fourth-order valence-corrected chi connectivity index (χ4v) is 1.45. The van der Waals surface area contributed by atoms with Gasteiger partial charge in [0.1, 0.15) is 0 Å². The first-order valence-electron chi connectivity index (χ1n) is 6.10. The van der Waals surface area contributed by atoms with E-state index >= 15 is 0 Å². The zero-order chi connectivity index (χ0) is 13.9. The van der Waals surface area contributed by atoms with Crippen LogP contribution in [0.15, 0.2) is 30.3 Å². The number of nitriles is 1. The maximum atomic E-state index is 11.4. The third-order valence-electron chi connectivity index (χ3n) is 2.41. The van der Waals surface area contributed by atoms with Gasteiger partial charge in [0, 0.05) is 19.8 Å². The minimum atomic E-state index is -0.375. The SMILES string of the molecule is COCCCCOC(=O)C=Cc1cccc(C#N)c1. The van der Waals surface area contributed by atoms with Crippen molar-refractivity contribution in [3.05, 3.63) is 41.5 Å². The highest BCUT2D eigenvalue weighted by atomic mass is 16.5. The Morgan fingerprint density at radius 2 is 2.16 bits per heavy atom. The van der Waals surface area contributed by atoms with Crippen LogP contribution in [0.4, 0.5) is 0 Å². The standard InChI is InChI=1S/C15H17NO3/c1-18-9-2-3-10-19-15(17)8-7-13-5-4-6-14(11-13)12-16/h4-8,11H,2-3,9-10H2,1H3. The average molecular weight is 259 g/mol. The molecule has 4 nitrogen and oxygen atoms in total. The molecule has 0 saturated carbocycles. The van der Waals surface area contributed by atoms with Crippen molar-refractivity contribution in [3.63, 3.8) is 0 Å². The molecule has 0 saturated heterocycles. The highest BCUT2D eigenvalue weighted by molar-refractivity contribution is 5.87. The van der Waals surface area contributed by atoms with Crippen molar-refractivity contribution in [2.45, 2.75) is 12.8 Å². The van der Waals surface area contributed by atoms with Gasteiger partial charge < -0.3 is 9.47 Å². The van der Waals surface area contributed by atoms with Crippen molar-refractivity contribution in [2.75, 3.05) is 20.3 Å². The molecule has 0 spiro atoms. The van der Waals surface area contributed by atoms with Crippen LogP contribution in [0.2, 0.25) is 0 Å². The van der Waals surface area contributed by atoms with Crippen LogP contribution in [-0.2, 0) is 14.3 Å². The predicted molar refractivity (Wildman–Crippen MR) is 72.3 cm³/mol. The van der Waals surface area contributed by atoms with E-state index in [0.29, 0.717) is 18.8 Å².